The van der Waals surface area contributed by atoms with Gasteiger partial charge in [0, 0.05) is 71.7 Å². The molecule has 2 fully saturated rings. The molecule has 0 saturated carbocycles. The summed E-state index contributed by atoms with van der Waals surface area (Å²) in [5, 5.41) is 6.63. The molecule has 0 amide bonds. The highest BCUT2D eigenvalue weighted by Gasteiger charge is 2.42. The van der Waals surface area contributed by atoms with E-state index < -0.39 is 34.7 Å². The van der Waals surface area contributed by atoms with Gasteiger partial charge in [-0.15, -0.1) is 11.3 Å². The van der Waals surface area contributed by atoms with Crippen LogP contribution in [0.2, 0.25) is 5.02 Å². The number of aliphatic imine (C=N–C) groups is 1. The van der Waals surface area contributed by atoms with Gasteiger partial charge in [0.15, 0.2) is 10.8 Å². The fraction of sp³-hybridized carbons (Fsp3) is 0.400. The van der Waals surface area contributed by atoms with Crippen molar-refractivity contribution < 1.29 is 21.6 Å². The molecule has 6 rings (SSSR count). The summed E-state index contributed by atoms with van der Waals surface area (Å²) in [4.78, 5) is 11.3. The Bertz CT molecular complexity index is 1570. The van der Waals surface area contributed by atoms with E-state index in [9.17, 15) is 21.6 Å². The van der Waals surface area contributed by atoms with Gasteiger partial charge in [-0.3, -0.25) is 4.99 Å². The predicted octanol–water partition coefficient (Wildman–Crippen LogP) is 4.83. The second kappa shape index (κ2) is 10.9. The van der Waals surface area contributed by atoms with Crippen molar-refractivity contribution in [1.29, 1.82) is 0 Å². The van der Waals surface area contributed by atoms with E-state index in [0.29, 0.717) is 45.4 Å². The van der Waals surface area contributed by atoms with Gasteiger partial charge in [0.2, 0.25) is 0 Å². The minimum Gasteiger partial charge on any atom is -0.326 e. The third-order valence-electron chi connectivity index (χ3n) is 7.20. The molecule has 0 radical (unpaired) electrons. The summed E-state index contributed by atoms with van der Waals surface area (Å²) < 4.78 is 72.3. The Morgan fingerprint density at radius 2 is 1.95 bits per heavy atom. The molecule has 0 aliphatic carbocycles. The number of alkyl halides is 2. The zero-order valence-corrected chi connectivity index (χ0v) is 23.4. The summed E-state index contributed by atoms with van der Waals surface area (Å²) in [7, 11) is -3.75. The van der Waals surface area contributed by atoms with Crippen LogP contribution in [0.15, 0.2) is 52.7 Å². The molecule has 212 valence electrons. The second-order valence-electron chi connectivity index (χ2n) is 9.77. The maximum absolute atomic E-state index is 14.0. The van der Waals surface area contributed by atoms with Crippen molar-refractivity contribution in [1.82, 2.24) is 28.7 Å². The molecule has 9 nitrogen and oxygen atoms in total. The van der Waals surface area contributed by atoms with Crippen molar-refractivity contribution in [2.75, 3.05) is 19.6 Å². The molecule has 2 saturated heterocycles. The maximum Gasteiger partial charge on any atom is 0.333 e. The van der Waals surface area contributed by atoms with E-state index in [-0.39, 0.29) is 23.7 Å². The lowest BCUT2D eigenvalue weighted by Crippen LogP contribution is -2.48. The first kappa shape index (κ1) is 27.4. The van der Waals surface area contributed by atoms with Crippen molar-refractivity contribution in [2.24, 2.45) is 4.99 Å². The molecule has 0 unspecified atom stereocenters. The first-order chi connectivity index (χ1) is 19.2. The van der Waals surface area contributed by atoms with E-state index in [1.54, 1.807) is 11.6 Å². The van der Waals surface area contributed by atoms with Gasteiger partial charge in [0.1, 0.15) is 11.9 Å². The van der Waals surface area contributed by atoms with Crippen LogP contribution >= 0.6 is 22.9 Å². The SMILES string of the molecule is O=S(=O)(N[C@H]1CC2=C(c3ccn(C(F)F)n3)[C@H](c3ccc(F)cc3Cl)N=C(c3nccs3)N2C1)N1CCCCC1. The number of benzene rings is 1. The number of nitrogens with zero attached hydrogens (tertiary/aromatic N) is 6. The molecular formula is C25H25ClF3N7O2S2. The first-order valence-corrected chi connectivity index (χ1v) is 15.5. The van der Waals surface area contributed by atoms with E-state index in [1.165, 1.54) is 46.1 Å². The number of amidine groups is 1. The number of nitrogens with one attached hydrogen (secondary N) is 1. The van der Waals surface area contributed by atoms with Gasteiger partial charge in [0.25, 0.3) is 10.2 Å². The van der Waals surface area contributed by atoms with Crippen LogP contribution in [0.5, 0.6) is 0 Å². The Morgan fingerprint density at radius 3 is 2.62 bits per heavy atom. The largest absolute Gasteiger partial charge is 0.333 e. The van der Waals surface area contributed by atoms with Crippen molar-refractivity contribution in [2.45, 2.75) is 44.3 Å². The highest BCUT2D eigenvalue weighted by molar-refractivity contribution is 7.87. The van der Waals surface area contributed by atoms with Crippen molar-refractivity contribution in [3.05, 3.63) is 74.8 Å². The van der Waals surface area contributed by atoms with Gasteiger partial charge in [-0.05, 0) is 31.0 Å². The summed E-state index contributed by atoms with van der Waals surface area (Å²) in [5.41, 5.74) is 1.86. The molecule has 2 atom stereocenters. The lowest BCUT2D eigenvalue weighted by Gasteiger charge is -2.32. The zero-order valence-electron chi connectivity index (χ0n) is 21.1. The molecule has 2 aromatic heterocycles. The zero-order chi connectivity index (χ0) is 28.0. The molecule has 15 heteroatoms. The predicted molar refractivity (Wildman–Crippen MR) is 146 cm³/mol. The number of thiazole rings is 1. The van der Waals surface area contributed by atoms with Gasteiger partial charge >= 0.3 is 6.55 Å². The monoisotopic (exact) mass is 611 g/mol. The van der Waals surface area contributed by atoms with Gasteiger partial charge in [-0.1, -0.05) is 24.1 Å². The van der Waals surface area contributed by atoms with Gasteiger partial charge in [-0.25, -0.2) is 14.1 Å². The number of aromatic nitrogens is 3. The van der Waals surface area contributed by atoms with Crippen LogP contribution in [-0.2, 0) is 10.2 Å². The molecule has 3 aliphatic rings. The molecule has 1 aromatic carbocycles. The summed E-state index contributed by atoms with van der Waals surface area (Å²) in [6.45, 7) is -1.68. The number of hydrogen-bond acceptors (Lipinski definition) is 7. The normalized spacial score (nSPS) is 22.2. The standard InChI is InChI=1S/C25H25ClF3N7O2S2/c26-18-12-15(27)4-5-17(18)22-21(19-6-10-36(32-19)25(28)29)20-13-16(33-40(37,38)34-8-2-1-3-9-34)14-35(20)23(31-22)24-30-7-11-39-24/h4-7,10-12,16,22,25,33H,1-3,8-9,13-14H2/t16-,22-/m0/s1. The van der Waals surface area contributed by atoms with Crippen molar-refractivity contribution in [3.8, 4) is 0 Å². The van der Waals surface area contributed by atoms with E-state index in [4.69, 9.17) is 16.6 Å². The van der Waals surface area contributed by atoms with Crippen LogP contribution in [-0.4, -0.2) is 63.9 Å². The summed E-state index contributed by atoms with van der Waals surface area (Å²) in [6.07, 6.45) is 5.67. The van der Waals surface area contributed by atoms with Crippen LogP contribution in [0.4, 0.5) is 13.2 Å². The van der Waals surface area contributed by atoms with Crippen molar-refractivity contribution >= 4 is 44.6 Å². The van der Waals surface area contributed by atoms with E-state index in [2.05, 4.69) is 14.8 Å². The third-order valence-corrected chi connectivity index (χ3v) is 9.97. The van der Waals surface area contributed by atoms with Gasteiger partial charge < -0.3 is 4.90 Å². The van der Waals surface area contributed by atoms with Gasteiger partial charge in [0.05, 0.1) is 5.69 Å². The lowest BCUT2D eigenvalue weighted by molar-refractivity contribution is 0.0564. The molecule has 3 aromatic rings. The Hall–Kier alpha value is -2.78. The Balaban J connectivity index is 1.47. The average molecular weight is 612 g/mol. The van der Waals surface area contributed by atoms with Crippen LogP contribution < -0.4 is 4.72 Å². The fourth-order valence-electron chi connectivity index (χ4n) is 5.42. The second-order valence-corrected chi connectivity index (χ2v) is 12.8. The molecule has 0 bridgehead atoms. The minimum absolute atomic E-state index is 0.118. The Labute approximate surface area is 238 Å². The molecule has 3 aliphatic heterocycles. The van der Waals surface area contributed by atoms with E-state index in [0.717, 1.165) is 19.3 Å². The Kier molecular flexibility index (Phi) is 7.46. The Morgan fingerprint density at radius 1 is 1.15 bits per heavy atom. The van der Waals surface area contributed by atoms with Crippen LogP contribution in [0.1, 0.15) is 54.5 Å². The first-order valence-electron chi connectivity index (χ1n) is 12.8. The fourth-order valence-corrected chi connectivity index (χ4v) is 7.80. The van der Waals surface area contributed by atoms with Crippen LogP contribution in [0, 0.1) is 5.82 Å². The van der Waals surface area contributed by atoms with E-state index in [1.807, 2.05) is 4.90 Å². The number of hydrogen-bond donors (Lipinski definition) is 1. The van der Waals surface area contributed by atoms with Gasteiger partial charge in [-0.2, -0.15) is 31.3 Å². The summed E-state index contributed by atoms with van der Waals surface area (Å²) >= 11 is 7.85. The molecular weight excluding hydrogens is 587 g/mol. The minimum atomic E-state index is -3.75. The molecule has 5 heterocycles. The quantitative estimate of drug-likeness (QED) is 0.413. The summed E-state index contributed by atoms with van der Waals surface area (Å²) in [5.74, 6) is -0.0355. The highest BCUT2D eigenvalue weighted by atomic mass is 35.5. The number of piperidine rings is 1. The maximum atomic E-state index is 14.0. The molecule has 1 N–H and O–H groups in total. The average Bonchev–Trinajstić information content (AvgIpc) is 3.69. The van der Waals surface area contributed by atoms with Crippen LogP contribution in [0.3, 0.4) is 0 Å². The van der Waals surface area contributed by atoms with E-state index >= 15 is 0 Å². The smallest absolute Gasteiger partial charge is 0.326 e. The molecule has 40 heavy (non-hydrogen) atoms. The van der Waals surface area contributed by atoms with Crippen LogP contribution in [0.25, 0.3) is 5.57 Å². The van der Waals surface area contributed by atoms with Crippen molar-refractivity contribution in [3.63, 3.8) is 0 Å². The lowest BCUT2D eigenvalue weighted by atomic mass is 9.92. The number of halogens is 4. The third kappa shape index (κ3) is 5.18. The molecule has 0 spiro atoms. The number of rotatable bonds is 7. The topological polar surface area (TPSA) is 95.7 Å². The summed E-state index contributed by atoms with van der Waals surface area (Å²) in [6, 6.07) is 4.06. The number of fused-ring (bicyclic) bond motifs is 1. The highest BCUT2D eigenvalue weighted by Crippen LogP contribution is 2.46.